The minimum absolute atomic E-state index is 0.00856. The van der Waals surface area contributed by atoms with E-state index in [0.29, 0.717) is 6.42 Å². The topological polar surface area (TPSA) is 66.4 Å². The first-order valence-electron chi connectivity index (χ1n) is 7.59. The van der Waals surface area contributed by atoms with Crippen molar-refractivity contribution in [3.05, 3.63) is 0 Å². The molecule has 2 rings (SSSR count). The van der Waals surface area contributed by atoms with E-state index in [0.717, 1.165) is 19.3 Å². The molecule has 4 heteroatoms. The van der Waals surface area contributed by atoms with E-state index in [1.807, 2.05) is 0 Å². The Morgan fingerprint density at radius 3 is 2.05 bits per heavy atom. The van der Waals surface area contributed by atoms with Crippen molar-refractivity contribution in [2.45, 2.75) is 66.3 Å². The smallest absolute Gasteiger partial charge is 0.311 e. The van der Waals surface area contributed by atoms with Gasteiger partial charge in [-0.1, -0.05) is 40.5 Å². The van der Waals surface area contributed by atoms with Gasteiger partial charge in [-0.2, -0.15) is 0 Å². The van der Waals surface area contributed by atoms with Crippen molar-refractivity contribution in [3.8, 4) is 0 Å². The summed E-state index contributed by atoms with van der Waals surface area (Å²) in [5.41, 5.74) is -0.839. The molecule has 114 valence electrons. The molecular weight excluding hydrogens is 254 g/mol. The summed E-state index contributed by atoms with van der Waals surface area (Å²) in [6.07, 6.45) is 3.33. The van der Waals surface area contributed by atoms with Crippen LogP contribution in [0.25, 0.3) is 0 Å². The van der Waals surface area contributed by atoms with Crippen molar-refractivity contribution < 1.29 is 14.7 Å². The van der Waals surface area contributed by atoms with Gasteiger partial charge in [0.05, 0.1) is 5.41 Å². The van der Waals surface area contributed by atoms with Gasteiger partial charge in [-0.25, -0.2) is 0 Å². The molecule has 2 aliphatic carbocycles. The lowest BCUT2D eigenvalue weighted by Gasteiger charge is -2.38. The summed E-state index contributed by atoms with van der Waals surface area (Å²) < 4.78 is 0. The highest BCUT2D eigenvalue weighted by Gasteiger charge is 2.68. The van der Waals surface area contributed by atoms with Crippen LogP contribution in [0.1, 0.15) is 60.3 Å². The third-order valence-corrected chi connectivity index (χ3v) is 6.30. The first kappa shape index (κ1) is 15.3. The number of hydrogen-bond acceptors (Lipinski definition) is 2. The van der Waals surface area contributed by atoms with Gasteiger partial charge in [-0.05, 0) is 30.6 Å². The highest BCUT2D eigenvalue weighted by molar-refractivity contribution is 5.85. The Bertz CT molecular complexity index is 427. The van der Waals surface area contributed by atoms with Crippen LogP contribution in [0.3, 0.4) is 0 Å². The Labute approximate surface area is 121 Å². The number of carboxylic acid groups (broad SMARTS) is 1. The van der Waals surface area contributed by atoms with Crippen LogP contribution in [0.5, 0.6) is 0 Å². The molecule has 0 radical (unpaired) electrons. The van der Waals surface area contributed by atoms with Crippen LogP contribution in [0, 0.1) is 22.2 Å². The van der Waals surface area contributed by atoms with Gasteiger partial charge in [-0.15, -0.1) is 0 Å². The number of amides is 1. The van der Waals surface area contributed by atoms with Gasteiger partial charge in [0.2, 0.25) is 5.91 Å². The summed E-state index contributed by atoms with van der Waals surface area (Å²) >= 11 is 0. The van der Waals surface area contributed by atoms with Gasteiger partial charge < -0.3 is 10.4 Å². The second-order valence-corrected chi connectivity index (χ2v) is 7.91. The quantitative estimate of drug-likeness (QED) is 0.836. The minimum atomic E-state index is -0.822. The summed E-state index contributed by atoms with van der Waals surface area (Å²) in [6.45, 7) is 10.2. The average Bonchev–Trinajstić information content (AvgIpc) is 2.72. The van der Waals surface area contributed by atoms with Gasteiger partial charge in [0.15, 0.2) is 0 Å². The molecule has 2 aliphatic rings. The first-order valence-corrected chi connectivity index (χ1v) is 7.59. The third-order valence-electron chi connectivity index (χ3n) is 6.30. The monoisotopic (exact) mass is 281 g/mol. The molecule has 0 aliphatic heterocycles. The number of carboxylic acids is 1. The van der Waals surface area contributed by atoms with Crippen LogP contribution >= 0.6 is 0 Å². The van der Waals surface area contributed by atoms with Gasteiger partial charge in [0, 0.05) is 12.0 Å². The SMILES string of the molecule is CC1(C(=O)O)CCCCC1NC(=O)C1C(C)(C)C1(C)C. The largest absolute Gasteiger partial charge is 0.481 e. The first-order chi connectivity index (χ1) is 9.05. The third kappa shape index (κ3) is 2.04. The minimum Gasteiger partial charge on any atom is -0.481 e. The molecule has 0 bridgehead atoms. The van der Waals surface area contributed by atoms with E-state index in [1.54, 1.807) is 6.92 Å². The molecule has 1 amide bonds. The van der Waals surface area contributed by atoms with Crippen LogP contribution in [-0.4, -0.2) is 23.0 Å². The number of aliphatic carboxylic acids is 1. The van der Waals surface area contributed by atoms with Crippen LogP contribution in [0.4, 0.5) is 0 Å². The van der Waals surface area contributed by atoms with Crippen molar-refractivity contribution in [1.82, 2.24) is 5.32 Å². The number of nitrogens with one attached hydrogen (secondary N) is 1. The molecule has 2 atom stereocenters. The Hall–Kier alpha value is -1.06. The van der Waals surface area contributed by atoms with E-state index in [-0.39, 0.29) is 28.7 Å². The molecule has 2 saturated carbocycles. The molecule has 4 nitrogen and oxygen atoms in total. The van der Waals surface area contributed by atoms with E-state index in [2.05, 4.69) is 33.0 Å². The van der Waals surface area contributed by atoms with E-state index >= 15 is 0 Å². The van der Waals surface area contributed by atoms with Crippen molar-refractivity contribution in [1.29, 1.82) is 0 Å². The molecule has 0 saturated heterocycles. The number of hydrogen-bond donors (Lipinski definition) is 2. The second-order valence-electron chi connectivity index (χ2n) is 7.91. The van der Waals surface area contributed by atoms with E-state index in [4.69, 9.17) is 0 Å². The molecule has 20 heavy (non-hydrogen) atoms. The maximum absolute atomic E-state index is 12.5. The molecule has 2 fully saturated rings. The van der Waals surface area contributed by atoms with Crippen LogP contribution < -0.4 is 5.32 Å². The van der Waals surface area contributed by atoms with Crippen molar-refractivity contribution in [3.63, 3.8) is 0 Å². The van der Waals surface area contributed by atoms with Gasteiger partial charge in [-0.3, -0.25) is 9.59 Å². The van der Waals surface area contributed by atoms with Crippen molar-refractivity contribution >= 4 is 11.9 Å². The Morgan fingerprint density at radius 2 is 1.60 bits per heavy atom. The van der Waals surface area contributed by atoms with E-state index in [1.165, 1.54) is 0 Å². The Kier molecular flexibility index (Phi) is 3.43. The lowest BCUT2D eigenvalue weighted by atomic mass is 9.71. The molecule has 0 spiro atoms. The summed E-state index contributed by atoms with van der Waals surface area (Å²) in [5, 5.41) is 12.5. The lowest BCUT2D eigenvalue weighted by Crippen LogP contribution is -2.52. The molecule has 0 aromatic carbocycles. The highest BCUT2D eigenvalue weighted by atomic mass is 16.4. The summed E-state index contributed by atoms with van der Waals surface area (Å²) in [7, 11) is 0. The maximum Gasteiger partial charge on any atom is 0.311 e. The summed E-state index contributed by atoms with van der Waals surface area (Å²) in [4.78, 5) is 24.1. The summed E-state index contributed by atoms with van der Waals surface area (Å²) in [5.74, 6) is -0.786. The second kappa shape index (κ2) is 4.47. The van der Waals surface area contributed by atoms with Crippen molar-refractivity contribution in [2.24, 2.45) is 22.2 Å². The fraction of sp³-hybridized carbons (Fsp3) is 0.875. The normalized spacial score (nSPS) is 35.4. The standard InChI is InChI=1S/C16H27NO3/c1-14(2)11(15(14,3)4)12(18)17-10-8-6-7-9-16(10,5)13(19)20/h10-11H,6-9H2,1-5H3,(H,17,18)(H,19,20). The summed E-state index contributed by atoms with van der Waals surface area (Å²) in [6, 6.07) is -0.242. The zero-order chi connectivity index (χ0) is 15.3. The van der Waals surface area contributed by atoms with Gasteiger partial charge in [0.25, 0.3) is 0 Å². The van der Waals surface area contributed by atoms with Gasteiger partial charge >= 0.3 is 5.97 Å². The lowest BCUT2D eigenvalue weighted by molar-refractivity contribution is -0.152. The Morgan fingerprint density at radius 1 is 1.05 bits per heavy atom. The van der Waals surface area contributed by atoms with E-state index in [9.17, 15) is 14.7 Å². The number of carbonyl (C=O) groups excluding carboxylic acids is 1. The van der Waals surface area contributed by atoms with E-state index < -0.39 is 11.4 Å². The predicted octanol–water partition coefficient (Wildman–Crippen LogP) is 2.82. The number of rotatable bonds is 3. The fourth-order valence-electron chi connectivity index (χ4n) is 3.93. The highest BCUT2D eigenvalue weighted by Crippen LogP contribution is 2.68. The molecule has 2 unspecified atom stereocenters. The molecule has 0 aromatic rings. The number of carbonyl (C=O) groups is 2. The Balaban J connectivity index is 2.10. The molecular formula is C16H27NO3. The average molecular weight is 281 g/mol. The maximum atomic E-state index is 12.5. The zero-order valence-electron chi connectivity index (χ0n) is 13.2. The van der Waals surface area contributed by atoms with Crippen molar-refractivity contribution in [2.75, 3.05) is 0 Å². The van der Waals surface area contributed by atoms with Crippen LogP contribution in [0.2, 0.25) is 0 Å². The molecule has 0 aromatic heterocycles. The predicted molar refractivity (Wildman–Crippen MR) is 77.2 cm³/mol. The fourth-order valence-corrected chi connectivity index (χ4v) is 3.93. The zero-order valence-corrected chi connectivity index (χ0v) is 13.2. The van der Waals surface area contributed by atoms with Gasteiger partial charge in [0.1, 0.15) is 0 Å². The van der Waals surface area contributed by atoms with Crippen LogP contribution in [-0.2, 0) is 9.59 Å². The van der Waals surface area contributed by atoms with Crippen LogP contribution in [0.15, 0.2) is 0 Å². The molecule has 2 N–H and O–H groups in total. The molecule has 0 heterocycles.